The van der Waals surface area contributed by atoms with Crippen molar-refractivity contribution in [3.8, 4) is 202 Å². The van der Waals surface area contributed by atoms with Crippen molar-refractivity contribution in [1.29, 1.82) is 0 Å². The predicted molar refractivity (Wildman–Crippen MR) is 455 cm³/mol. The second-order valence-corrected chi connectivity index (χ2v) is 27.4. The Morgan fingerprint density at radius 1 is 0.164 bits per heavy atom. The zero-order chi connectivity index (χ0) is 75.9. The molecule has 9 heterocycles. The molecule has 0 fully saturated rings. The number of rotatable bonds is 18. The molecule has 12 heteroatoms. The second kappa shape index (κ2) is 34.0. The zero-order valence-corrected chi connectivity index (χ0v) is 66.0. The van der Waals surface area contributed by atoms with E-state index >= 15 is 0 Å². The fourth-order valence-corrected chi connectivity index (χ4v) is 14.8. The van der Waals surface area contributed by atoms with Crippen LogP contribution in [0.25, 0.3) is 202 Å². The minimum Gasteiger partial charge on any atom is -0.352 e. The van der Waals surface area contributed by atoms with Crippen molar-refractivity contribution < 1.29 is 39.6 Å². The topological polar surface area (TPSA) is 129 Å². The Hall–Kier alpha value is -14.2. The van der Waals surface area contributed by atoms with Crippen molar-refractivity contribution >= 4 is 0 Å². The van der Waals surface area contributed by atoms with Crippen LogP contribution >= 0.6 is 0 Å². The van der Waals surface area contributed by atoms with Gasteiger partial charge in [-0.3, -0.25) is 9.97 Å². The Balaban J connectivity index is 0.00000484. The van der Waals surface area contributed by atoms with Gasteiger partial charge in [0.1, 0.15) is 0 Å². The van der Waals surface area contributed by atoms with Crippen molar-refractivity contribution in [3.05, 3.63) is 414 Å². The molecule has 0 aliphatic rings. The van der Waals surface area contributed by atoms with Crippen molar-refractivity contribution in [2.75, 3.05) is 0 Å². The summed E-state index contributed by atoms with van der Waals surface area (Å²) in [5.74, 6) is 0. The maximum absolute atomic E-state index is 5.02. The molecule has 0 unspecified atom stereocenters. The number of hydrogen-bond donors (Lipinski definition) is 0. The van der Waals surface area contributed by atoms with E-state index in [0.717, 1.165) is 202 Å². The van der Waals surface area contributed by atoms with Gasteiger partial charge in [0.15, 0.2) is 0 Å². The van der Waals surface area contributed by atoms with Gasteiger partial charge in [0.05, 0.1) is 6.33 Å². The molecule has 0 aliphatic carbocycles. The van der Waals surface area contributed by atoms with E-state index in [9.17, 15) is 0 Å². The van der Waals surface area contributed by atoms with Gasteiger partial charge < -0.3 is 39.9 Å². The summed E-state index contributed by atoms with van der Waals surface area (Å²) in [4.78, 5) is 48.0. The van der Waals surface area contributed by atoms with Crippen LogP contribution in [0.3, 0.4) is 0 Å². The van der Waals surface area contributed by atoms with E-state index in [2.05, 4.69) is 275 Å². The van der Waals surface area contributed by atoms with E-state index in [0.29, 0.717) is 0 Å². The van der Waals surface area contributed by atoms with Gasteiger partial charge in [0, 0.05) is 24.8 Å². The fourth-order valence-electron chi connectivity index (χ4n) is 14.8. The number of pyridine rings is 8. The minimum atomic E-state index is 0. The zero-order valence-electron chi connectivity index (χ0n) is 61.9. The number of nitrogens with zero attached hydrogens (tertiary/aromatic N) is 10. The van der Waals surface area contributed by atoms with Gasteiger partial charge in [-0.2, -0.15) is 0 Å². The van der Waals surface area contributed by atoms with E-state index in [4.69, 9.17) is 29.9 Å². The van der Waals surface area contributed by atoms with Crippen LogP contribution in [-0.2, 0) is 39.6 Å². The maximum Gasteiger partial charge on any atom is 3.00 e. The van der Waals surface area contributed by atoms with Gasteiger partial charge in [0.2, 0.25) is 0 Å². The molecule has 0 saturated carbocycles. The van der Waals surface area contributed by atoms with E-state index < -0.39 is 0 Å². The number of aromatic nitrogens is 10. The third kappa shape index (κ3) is 15.6. The summed E-state index contributed by atoms with van der Waals surface area (Å²) in [5.41, 5.74) is 33.2. The van der Waals surface area contributed by atoms with Gasteiger partial charge in [-0.05, 0) is 207 Å². The molecule has 0 spiro atoms. The largest absolute Gasteiger partial charge is 3.00 e. The van der Waals surface area contributed by atoms with Crippen LogP contribution in [0.2, 0.25) is 0 Å². The van der Waals surface area contributed by atoms with E-state index in [1.165, 1.54) is 0 Å². The maximum atomic E-state index is 5.02. The first-order chi connectivity index (χ1) is 56.5. The van der Waals surface area contributed by atoms with Crippen molar-refractivity contribution in [2.24, 2.45) is 0 Å². The first kappa shape index (κ1) is 74.5. The summed E-state index contributed by atoms with van der Waals surface area (Å²) in [6.07, 6.45) is 16.2. The molecular formula is C104H62IrN10Rh. The van der Waals surface area contributed by atoms with Crippen LogP contribution < -0.4 is 0 Å². The first-order valence-electron chi connectivity index (χ1n) is 37.4. The van der Waals surface area contributed by atoms with Gasteiger partial charge >= 0.3 is 39.6 Å². The summed E-state index contributed by atoms with van der Waals surface area (Å²) in [7, 11) is 0. The molecule has 0 radical (unpaired) electrons. The van der Waals surface area contributed by atoms with Gasteiger partial charge in [-0.15, -0.1) is 130 Å². The van der Waals surface area contributed by atoms with Crippen LogP contribution in [0.4, 0.5) is 0 Å². The fraction of sp³-hybridized carbons (Fsp3) is 0. The smallest absolute Gasteiger partial charge is 0.352 e. The molecule has 10 nitrogen and oxygen atoms in total. The molecule has 0 amide bonds. The summed E-state index contributed by atoms with van der Waals surface area (Å²) >= 11 is 0. The molecule has 0 aliphatic heterocycles. The van der Waals surface area contributed by atoms with Gasteiger partial charge in [0.25, 0.3) is 0 Å². The monoisotopic (exact) mass is 1750 g/mol. The van der Waals surface area contributed by atoms with Crippen molar-refractivity contribution in [1.82, 2.24) is 49.8 Å². The van der Waals surface area contributed by atoms with Crippen LogP contribution in [0.15, 0.2) is 377 Å². The molecule has 19 aromatic rings. The van der Waals surface area contributed by atoms with E-state index in [1.807, 2.05) is 128 Å². The molecule has 0 N–H and O–H groups in total. The number of hydrogen-bond acceptors (Lipinski definition) is 10. The van der Waals surface area contributed by atoms with Crippen LogP contribution in [0, 0.1) is 36.4 Å². The molecule has 19 rings (SSSR count). The molecule has 546 valence electrons. The van der Waals surface area contributed by atoms with E-state index in [1.54, 1.807) is 31.1 Å². The Bertz CT molecular complexity index is 5970. The number of benzene rings is 10. The molecule has 116 heavy (non-hydrogen) atoms. The minimum absolute atomic E-state index is 0. The molecule has 0 bridgehead atoms. The standard InChI is InChI=1S/C104H62N10.Ir.Rh/c1-3-23-85(77-57-79(87-25-5-9-29-91(87)99-49-45-73(64-109-99)95-33-13-17-53-105-95)61-80(58-77)88-26-6-10-30-92(88)100-50-46-74(65-110-100)96-34-14-18-54-106-96)83(21-1)69-37-41-71(42-38-69)103-63-104(114-68-113-103)72-43-39-70(40-44-72)84-22-2-4-24-86(84)78-59-81(89-27-7-11-31-93(89)101-51-47-75(66-111-101)97-35-15-19-55-107-97)62-82(60-78)90-28-8-12-32-94(90)102-52-48-76(67-112-102)98-36-16-20-56-108-98;;/h1-41,43,49-68H;;/q-6;2*+3. The predicted octanol–water partition coefficient (Wildman–Crippen LogP) is 24.4. The average Bonchev–Trinajstić information content (AvgIpc) is 0.772. The summed E-state index contributed by atoms with van der Waals surface area (Å²) in [6.45, 7) is 0. The third-order valence-corrected chi connectivity index (χ3v) is 20.4. The molecule has 0 atom stereocenters. The summed E-state index contributed by atoms with van der Waals surface area (Å²) in [5, 5.41) is 0. The Morgan fingerprint density at radius 2 is 0.388 bits per heavy atom. The SMILES string of the molecule is [Ir+3].[Rh+3].[c-]1cc(-c2ccccc2-c2cc(-c3ccccc3-c3c[c-]c(-c4ccccn4)cn3)cc(-c3ccccc3-c3c[c-]c(-c4ccccn4)cn3)c2)ccc1-c1cc(-c2[c-]cc(-c3ccccc3-c3cc(-c4ccccc4-c4c[c-]c(-c5ccccn5)cn4)cc(-c4ccccc4-c4c[c-]c(-c5ccccn5)cn4)c3)cc2)ncn1. The normalized spacial score (nSPS) is 11.0. The quantitative estimate of drug-likeness (QED) is 0.0605. The van der Waals surface area contributed by atoms with E-state index in [-0.39, 0.29) is 39.6 Å². The average molecular weight is 1750 g/mol. The first-order valence-corrected chi connectivity index (χ1v) is 37.4. The molecule has 10 aromatic carbocycles. The third-order valence-electron chi connectivity index (χ3n) is 20.4. The molecule has 9 aromatic heterocycles. The van der Waals surface area contributed by atoms with Crippen molar-refractivity contribution in [3.63, 3.8) is 0 Å². The Kier molecular flexibility index (Phi) is 21.8. The van der Waals surface area contributed by atoms with Gasteiger partial charge in [-0.1, -0.05) is 247 Å². The van der Waals surface area contributed by atoms with Crippen LogP contribution in [-0.4, -0.2) is 49.8 Å². The van der Waals surface area contributed by atoms with Crippen LogP contribution in [0.5, 0.6) is 0 Å². The summed E-state index contributed by atoms with van der Waals surface area (Å²) in [6, 6.07) is 132. The molecule has 0 saturated heterocycles. The Morgan fingerprint density at radius 3 is 0.603 bits per heavy atom. The van der Waals surface area contributed by atoms with Crippen LogP contribution in [0.1, 0.15) is 0 Å². The molecular weight excluding hydrogens is 1680 g/mol. The van der Waals surface area contributed by atoms with Crippen molar-refractivity contribution in [2.45, 2.75) is 0 Å². The van der Waals surface area contributed by atoms with Gasteiger partial charge in [-0.25, -0.2) is 0 Å². The second-order valence-electron chi connectivity index (χ2n) is 27.4. The Labute approximate surface area is 699 Å². The summed E-state index contributed by atoms with van der Waals surface area (Å²) < 4.78 is 0.